The van der Waals surface area contributed by atoms with Crippen LogP contribution in [0.4, 0.5) is 0 Å². The highest BCUT2D eigenvalue weighted by Crippen LogP contribution is 2.64. The Kier molecular flexibility index (Phi) is 14.4. The lowest BCUT2D eigenvalue weighted by atomic mass is 9.58. The minimum absolute atomic E-state index is 0.0286. The van der Waals surface area contributed by atoms with Gasteiger partial charge in [-0.25, -0.2) is 0 Å². The highest BCUT2D eigenvalue weighted by Gasteiger charge is 2.58. The van der Waals surface area contributed by atoms with Crippen molar-refractivity contribution in [2.45, 2.75) is 228 Å². The van der Waals surface area contributed by atoms with E-state index in [4.69, 9.17) is 0 Å². The van der Waals surface area contributed by atoms with Gasteiger partial charge < -0.3 is 10.6 Å². The van der Waals surface area contributed by atoms with Crippen molar-refractivity contribution in [3.63, 3.8) is 0 Å². The second-order valence-electron chi connectivity index (χ2n) is 28.5. The lowest BCUT2D eigenvalue weighted by molar-refractivity contribution is 0.0381. The van der Waals surface area contributed by atoms with Crippen LogP contribution in [0, 0.1) is 187 Å². The molecular weight excluding hydrogens is 885 g/mol. The van der Waals surface area contributed by atoms with Gasteiger partial charge in [-0.05, 0) is 261 Å². The minimum atomic E-state index is -0.0286. The van der Waals surface area contributed by atoms with Crippen LogP contribution in [0.2, 0.25) is 0 Å². The Labute approximate surface area is 435 Å². The average molecular weight is 980 g/mol. The standard InChI is InChI=1S/C64H94N6S/c65-33-43-29-41(37-17-21-39(22-18-37)61-51-13-5-1-9-47(51)48-10-2-6-14-52(48)61)30-44(34-66)59(43)57-27-25-55-56-26-28-58(70-64(56)71-63(55)69-57)60-45(35-67)31-42(32-46(60)36-68)38-19-23-40(24-20-38)62-53-15-7-3-11-49(53)50-12-4-8-16-54(50)62/h37-64,69-70H,1-32H2. The van der Waals surface area contributed by atoms with Crippen molar-refractivity contribution in [3.8, 4) is 24.3 Å². The molecule has 0 radical (unpaired) electrons. The van der Waals surface area contributed by atoms with Crippen LogP contribution >= 0.6 is 11.8 Å². The summed E-state index contributed by atoms with van der Waals surface area (Å²) in [6, 6.07) is 11.9. The number of thioether (sulfide) groups is 1. The number of fused-ring (bicyclic) bond motifs is 9. The second kappa shape index (κ2) is 21.0. The van der Waals surface area contributed by atoms with E-state index in [0.717, 1.165) is 110 Å². The van der Waals surface area contributed by atoms with Gasteiger partial charge in [0.15, 0.2) is 0 Å². The number of hydrogen-bond donors (Lipinski definition) is 2. The monoisotopic (exact) mass is 979 g/mol. The minimum Gasteiger partial charge on any atom is -0.302 e. The summed E-state index contributed by atoms with van der Waals surface area (Å²) in [5.41, 5.74) is 0. The first-order valence-corrected chi connectivity index (χ1v) is 32.7. The fraction of sp³-hybridized carbons (Fsp3) is 0.938. The van der Waals surface area contributed by atoms with Crippen LogP contribution in [-0.4, -0.2) is 22.8 Å². The van der Waals surface area contributed by atoms with Gasteiger partial charge in [0, 0.05) is 23.9 Å². The van der Waals surface area contributed by atoms with E-state index in [9.17, 15) is 21.0 Å². The second-order valence-corrected chi connectivity index (χ2v) is 29.8. The molecule has 18 unspecified atom stereocenters. The molecule has 386 valence electrons. The summed E-state index contributed by atoms with van der Waals surface area (Å²) in [5, 5.41) is 52.6. The predicted octanol–water partition coefficient (Wildman–Crippen LogP) is 14.8. The summed E-state index contributed by atoms with van der Waals surface area (Å²) < 4.78 is 0. The number of nitrogens with zero attached hydrogens (tertiary/aromatic N) is 4. The van der Waals surface area contributed by atoms with Crippen LogP contribution < -0.4 is 10.6 Å². The molecule has 0 spiro atoms. The topological polar surface area (TPSA) is 119 Å². The molecule has 0 aromatic rings. The normalized spacial score (nSPS) is 54.7. The molecule has 0 aromatic carbocycles. The highest BCUT2D eigenvalue weighted by atomic mass is 32.2. The van der Waals surface area contributed by atoms with Gasteiger partial charge in [0.25, 0.3) is 0 Å². The SMILES string of the molecule is N#CC1CC(C2CCC(C3C4CCCCC4C4CCCCC43)CC2)CC(C#N)C1C1CCC2C(N1)SC1NC(C3C(C#N)CC(C4CCC(C5C6CCCCC6C6CCCCC65)CC4)CC3C#N)CCC12. The van der Waals surface area contributed by atoms with Crippen molar-refractivity contribution in [3.05, 3.63) is 0 Å². The Morgan fingerprint density at radius 2 is 0.549 bits per heavy atom. The summed E-state index contributed by atoms with van der Waals surface area (Å²) in [4.78, 5) is 0. The van der Waals surface area contributed by atoms with E-state index in [1.54, 1.807) is 0 Å². The van der Waals surface area contributed by atoms with Gasteiger partial charge in [-0.3, -0.25) is 0 Å². The third-order valence-corrected chi connectivity index (χ3v) is 27.9. The van der Waals surface area contributed by atoms with Crippen molar-refractivity contribution < 1.29 is 0 Å². The van der Waals surface area contributed by atoms with Crippen molar-refractivity contribution >= 4 is 11.8 Å². The Balaban J connectivity index is 0.608. The molecule has 13 aliphatic rings. The number of piperidine rings is 2. The molecule has 3 saturated heterocycles. The van der Waals surface area contributed by atoms with E-state index >= 15 is 0 Å². The Bertz CT molecular complexity index is 1800. The maximum absolute atomic E-state index is 10.9. The smallest absolute Gasteiger partial charge is 0.0659 e. The fourth-order valence-electron chi connectivity index (χ4n) is 23.8. The maximum atomic E-state index is 10.9. The lowest BCUT2D eigenvalue weighted by Gasteiger charge is -2.48. The third-order valence-electron chi connectivity index (χ3n) is 26.3. The molecule has 7 heteroatoms. The summed E-state index contributed by atoms with van der Waals surface area (Å²) in [6.07, 6.45) is 43.6. The van der Waals surface area contributed by atoms with Gasteiger partial charge in [-0.1, -0.05) is 51.4 Å². The summed E-state index contributed by atoms with van der Waals surface area (Å²) in [6.45, 7) is 0. The summed E-state index contributed by atoms with van der Waals surface area (Å²) in [7, 11) is 0. The maximum Gasteiger partial charge on any atom is 0.0659 e. The lowest BCUT2D eigenvalue weighted by Crippen LogP contribution is -2.54. The predicted molar refractivity (Wildman–Crippen MR) is 283 cm³/mol. The van der Waals surface area contributed by atoms with E-state index < -0.39 is 0 Å². The first-order chi connectivity index (χ1) is 35.0. The molecule has 0 aromatic heterocycles. The van der Waals surface area contributed by atoms with Crippen LogP contribution in [0.25, 0.3) is 0 Å². The van der Waals surface area contributed by atoms with Crippen LogP contribution in [0.15, 0.2) is 0 Å². The zero-order valence-corrected chi connectivity index (χ0v) is 44.8. The van der Waals surface area contributed by atoms with Crippen molar-refractivity contribution in [2.24, 2.45) is 142 Å². The number of nitriles is 4. The Hall–Kier alpha value is -1.77. The summed E-state index contributed by atoms with van der Waals surface area (Å²) in [5.74, 6) is 15.9. The van der Waals surface area contributed by atoms with E-state index in [-0.39, 0.29) is 47.6 Å². The largest absolute Gasteiger partial charge is 0.302 e. The van der Waals surface area contributed by atoms with E-state index in [0.29, 0.717) is 46.3 Å². The Morgan fingerprint density at radius 1 is 0.268 bits per heavy atom. The van der Waals surface area contributed by atoms with Gasteiger partial charge in [0.05, 0.1) is 58.7 Å². The molecule has 0 amide bonds. The highest BCUT2D eigenvalue weighted by molar-refractivity contribution is 8.00. The first kappa shape index (κ1) is 48.8. The van der Waals surface area contributed by atoms with Crippen molar-refractivity contribution in [2.75, 3.05) is 0 Å². The Morgan fingerprint density at radius 3 is 0.845 bits per heavy atom. The zero-order chi connectivity index (χ0) is 47.7. The zero-order valence-electron chi connectivity index (χ0n) is 44.0. The quantitative estimate of drug-likeness (QED) is 0.272. The van der Waals surface area contributed by atoms with Gasteiger partial charge in [0.2, 0.25) is 0 Å². The molecule has 6 nitrogen and oxygen atoms in total. The third kappa shape index (κ3) is 8.82. The molecule has 10 aliphatic carbocycles. The molecule has 10 saturated carbocycles. The van der Waals surface area contributed by atoms with E-state index in [1.807, 2.05) is 0 Å². The molecule has 71 heavy (non-hydrogen) atoms. The average Bonchev–Trinajstić information content (AvgIpc) is 4.09. The van der Waals surface area contributed by atoms with Gasteiger partial charge in [-0.2, -0.15) is 21.0 Å². The van der Waals surface area contributed by atoms with Crippen LogP contribution in [0.5, 0.6) is 0 Å². The van der Waals surface area contributed by atoms with Gasteiger partial charge in [-0.15, -0.1) is 11.8 Å². The van der Waals surface area contributed by atoms with E-state index in [1.165, 1.54) is 167 Å². The molecule has 13 fully saturated rings. The molecule has 0 bridgehead atoms. The molecule has 13 rings (SSSR count). The van der Waals surface area contributed by atoms with Gasteiger partial charge in [0.1, 0.15) is 0 Å². The van der Waals surface area contributed by atoms with Crippen LogP contribution in [0.3, 0.4) is 0 Å². The molecular formula is C64H94N6S. The molecule has 18 atom stereocenters. The number of rotatable bonds is 6. The van der Waals surface area contributed by atoms with Crippen molar-refractivity contribution in [1.29, 1.82) is 21.0 Å². The van der Waals surface area contributed by atoms with Crippen LogP contribution in [-0.2, 0) is 0 Å². The fourth-order valence-corrected chi connectivity index (χ4v) is 25.7. The summed E-state index contributed by atoms with van der Waals surface area (Å²) >= 11 is 2.09. The molecule has 3 heterocycles. The molecule has 3 aliphatic heterocycles. The van der Waals surface area contributed by atoms with Gasteiger partial charge >= 0.3 is 0 Å². The van der Waals surface area contributed by atoms with Crippen molar-refractivity contribution in [1.82, 2.24) is 10.6 Å². The van der Waals surface area contributed by atoms with Crippen LogP contribution in [0.1, 0.15) is 205 Å². The van der Waals surface area contributed by atoms with E-state index in [2.05, 4.69) is 46.7 Å². The number of nitrogens with one attached hydrogen (secondary N) is 2. The number of hydrogen-bond acceptors (Lipinski definition) is 7. The molecule has 2 N–H and O–H groups in total. The first-order valence-electron chi connectivity index (χ1n) is 31.8.